The molecule has 0 radical (unpaired) electrons. The summed E-state index contributed by atoms with van der Waals surface area (Å²) in [6.45, 7) is 2.55. The molecule has 106 valence electrons. The number of thioether (sulfide) groups is 1. The molecular weight excluding hydrogens is 348 g/mol. The average molecular weight is 361 g/mol. The monoisotopic (exact) mass is 360 g/mol. The molecule has 0 aromatic heterocycles. The van der Waals surface area contributed by atoms with Crippen LogP contribution in [0.5, 0.6) is 5.75 Å². The standard InChI is InChI=1S/C17H13BrO2S/c1-2-20-14-8-7-12(18)9-11(14)10-16-17(19)13-5-3-4-6-15(13)21-16/h3-10H,2H2,1H3/b16-10+. The molecule has 0 spiro atoms. The number of hydrogen-bond acceptors (Lipinski definition) is 3. The van der Waals surface area contributed by atoms with Crippen LogP contribution in [-0.4, -0.2) is 12.4 Å². The summed E-state index contributed by atoms with van der Waals surface area (Å²) in [4.78, 5) is 14.2. The molecule has 0 unspecified atom stereocenters. The van der Waals surface area contributed by atoms with E-state index in [0.717, 1.165) is 31.1 Å². The Kier molecular flexibility index (Phi) is 4.17. The Morgan fingerprint density at radius 1 is 1.24 bits per heavy atom. The van der Waals surface area contributed by atoms with E-state index in [1.165, 1.54) is 11.8 Å². The molecular formula is C17H13BrO2S. The van der Waals surface area contributed by atoms with Crippen molar-refractivity contribution in [2.24, 2.45) is 0 Å². The van der Waals surface area contributed by atoms with Crippen molar-refractivity contribution in [2.75, 3.05) is 6.61 Å². The molecule has 0 saturated heterocycles. The van der Waals surface area contributed by atoms with Gasteiger partial charge < -0.3 is 4.74 Å². The smallest absolute Gasteiger partial charge is 0.200 e. The minimum Gasteiger partial charge on any atom is -0.493 e. The van der Waals surface area contributed by atoms with Crippen molar-refractivity contribution in [3.05, 3.63) is 63.0 Å². The Bertz CT molecular complexity index is 737. The third kappa shape index (κ3) is 2.92. The molecule has 1 aliphatic rings. The Hall–Kier alpha value is -1.52. The lowest BCUT2D eigenvalue weighted by Crippen LogP contribution is -1.96. The Morgan fingerprint density at radius 2 is 2.05 bits per heavy atom. The summed E-state index contributed by atoms with van der Waals surface area (Å²) in [6.07, 6.45) is 1.91. The molecule has 0 atom stereocenters. The molecule has 0 bridgehead atoms. The molecule has 0 fully saturated rings. The summed E-state index contributed by atoms with van der Waals surface area (Å²) < 4.78 is 6.59. The highest BCUT2D eigenvalue weighted by Gasteiger charge is 2.25. The summed E-state index contributed by atoms with van der Waals surface area (Å²) in [6, 6.07) is 13.5. The molecule has 2 nitrogen and oxygen atoms in total. The Labute approximate surface area is 136 Å². The molecule has 0 N–H and O–H groups in total. The van der Waals surface area contributed by atoms with Crippen molar-refractivity contribution in [1.82, 2.24) is 0 Å². The minimum atomic E-state index is 0.0815. The van der Waals surface area contributed by atoms with Crippen molar-refractivity contribution in [3.63, 3.8) is 0 Å². The first-order chi connectivity index (χ1) is 10.2. The van der Waals surface area contributed by atoms with E-state index in [1.54, 1.807) is 0 Å². The number of rotatable bonds is 3. The van der Waals surface area contributed by atoms with E-state index in [2.05, 4.69) is 15.9 Å². The molecule has 2 aromatic carbocycles. The zero-order chi connectivity index (χ0) is 14.8. The zero-order valence-electron chi connectivity index (χ0n) is 11.4. The number of carbonyl (C=O) groups is 1. The molecule has 3 rings (SSSR count). The molecule has 4 heteroatoms. The summed E-state index contributed by atoms with van der Waals surface area (Å²) >= 11 is 4.98. The van der Waals surface area contributed by atoms with Crippen LogP contribution in [0.3, 0.4) is 0 Å². The fourth-order valence-electron chi connectivity index (χ4n) is 2.20. The molecule has 1 aliphatic heterocycles. The van der Waals surface area contributed by atoms with E-state index in [4.69, 9.17) is 4.74 Å². The minimum absolute atomic E-state index is 0.0815. The van der Waals surface area contributed by atoms with Crippen LogP contribution >= 0.6 is 27.7 Å². The van der Waals surface area contributed by atoms with Gasteiger partial charge in [0.15, 0.2) is 0 Å². The predicted molar refractivity (Wildman–Crippen MR) is 89.9 cm³/mol. The lowest BCUT2D eigenvalue weighted by atomic mass is 10.1. The van der Waals surface area contributed by atoms with Crippen LogP contribution < -0.4 is 4.74 Å². The number of benzene rings is 2. The first-order valence-corrected chi connectivity index (χ1v) is 8.25. The van der Waals surface area contributed by atoms with E-state index < -0.39 is 0 Å². The van der Waals surface area contributed by atoms with Gasteiger partial charge in [0.1, 0.15) is 5.75 Å². The van der Waals surface area contributed by atoms with Gasteiger partial charge in [-0.25, -0.2) is 0 Å². The second-order valence-electron chi connectivity index (χ2n) is 4.55. The van der Waals surface area contributed by atoms with Crippen molar-refractivity contribution in [1.29, 1.82) is 0 Å². The second kappa shape index (κ2) is 6.08. The molecule has 21 heavy (non-hydrogen) atoms. The first kappa shape index (κ1) is 14.4. The highest BCUT2D eigenvalue weighted by Crippen LogP contribution is 2.41. The summed E-state index contributed by atoms with van der Waals surface area (Å²) in [5.74, 6) is 0.871. The van der Waals surface area contributed by atoms with Gasteiger partial charge in [0.2, 0.25) is 5.78 Å². The van der Waals surface area contributed by atoms with Gasteiger partial charge in [-0.15, -0.1) is 0 Å². The van der Waals surface area contributed by atoms with Crippen LogP contribution in [0.2, 0.25) is 0 Å². The first-order valence-electron chi connectivity index (χ1n) is 6.64. The average Bonchev–Trinajstić information content (AvgIpc) is 2.79. The van der Waals surface area contributed by atoms with Crippen LogP contribution in [0.15, 0.2) is 56.7 Å². The summed E-state index contributed by atoms with van der Waals surface area (Å²) in [7, 11) is 0. The van der Waals surface area contributed by atoms with E-state index in [9.17, 15) is 4.79 Å². The van der Waals surface area contributed by atoms with Crippen LogP contribution in [0.25, 0.3) is 6.08 Å². The molecule has 0 amide bonds. The highest BCUT2D eigenvalue weighted by atomic mass is 79.9. The molecule has 1 heterocycles. The highest BCUT2D eigenvalue weighted by molar-refractivity contribution is 9.10. The number of hydrogen-bond donors (Lipinski definition) is 0. The Balaban J connectivity index is 2.01. The van der Waals surface area contributed by atoms with Gasteiger partial charge in [-0.2, -0.15) is 0 Å². The van der Waals surface area contributed by atoms with Gasteiger partial charge in [0.25, 0.3) is 0 Å². The number of Topliss-reactive ketones (excluding diaryl/α,β-unsaturated/α-hetero) is 1. The lowest BCUT2D eigenvalue weighted by Gasteiger charge is -2.08. The SMILES string of the molecule is CCOc1ccc(Br)cc1/C=C1/Sc2ccccc2C1=O. The normalized spacial score (nSPS) is 15.3. The van der Waals surface area contributed by atoms with Gasteiger partial charge in [-0.1, -0.05) is 39.8 Å². The fraction of sp³-hybridized carbons (Fsp3) is 0.118. The van der Waals surface area contributed by atoms with E-state index in [0.29, 0.717) is 6.61 Å². The quantitative estimate of drug-likeness (QED) is 0.705. The summed E-state index contributed by atoms with van der Waals surface area (Å²) in [5.41, 5.74) is 1.69. The maximum atomic E-state index is 12.4. The van der Waals surface area contributed by atoms with Crippen LogP contribution in [0, 0.1) is 0 Å². The van der Waals surface area contributed by atoms with E-state index >= 15 is 0 Å². The van der Waals surface area contributed by atoms with Crippen molar-refractivity contribution >= 4 is 39.6 Å². The van der Waals surface area contributed by atoms with Crippen LogP contribution in [-0.2, 0) is 0 Å². The largest absolute Gasteiger partial charge is 0.493 e. The van der Waals surface area contributed by atoms with Gasteiger partial charge in [0, 0.05) is 20.5 Å². The zero-order valence-corrected chi connectivity index (χ0v) is 13.8. The van der Waals surface area contributed by atoms with Crippen molar-refractivity contribution in [2.45, 2.75) is 11.8 Å². The Morgan fingerprint density at radius 3 is 2.81 bits per heavy atom. The number of fused-ring (bicyclic) bond motifs is 1. The summed E-state index contributed by atoms with van der Waals surface area (Å²) in [5, 5.41) is 0. The maximum absolute atomic E-state index is 12.4. The molecule has 2 aromatic rings. The number of carbonyl (C=O) groups excluding carboxylic acids is 1. The van der Waals surface area contributed by atoms with Gasteiger partial charge in [0.05, 0.1) is 11.5 Å². The predicted octanol–water partition coefficient (Wildman–Crippen LogP) is 5.18. The van der Waals surface area contributed by atoms with Crippen LogP contribution in [0.1, 0.15) is 22.8 Å². The van der Waals surface area contributed by atoms with Crippen molar-refractivity contribution in [3.8, 4) is 5.75 Å². The van der Waals surface area contributed by atoms with Crippen molar-refractivity contribution < 1.29 is 9.53 Å². The third-order valence-corrected chi connectivity index (χ3v) is 4.73. The number of allylic oxidation sites excluding steroid dienone is 1. The molecule has 0 aliphatic carbocycles. The van der Waals surface area contributed by atoms with Gasteiger partial charge >= 0.3 is 0 Å². The van der Waals surface area contributed by atoms with Gasteiger partial charge in [-0.3, -0.25) is 4.79 Å². The molecule has 0 saturated carbocycles. The van der Waals surface area contributed by atoms with Crippen LogP contribution in [0.4, 0.5) is 0 Å². The maximum Gasteiger partial charge on any atom is 0.200 e. The van der Waals surface area contributed by atoms with E-state index in [1.807, 2.05) is 55.5 Å². The number of ether oxygens (including phenoxy) is 1. The fourth-order valence-corrected chi connectivity index (χ4v) is 3.62. The topological polar surface area (TPSA) is 26.3 Å². The van der Waals surface area contributed by atoms with Gasteiger partial charge in [-0.05, 0) is 43.3 Å². The number of ketones is 1. The number of halogens is 1. The third-order valence-electron chi connectivity index (χ3n) is 3.13. The second-order valence-corrected chi connectivity index (χ2v) is 6.55. The van der Waals surface area contributed by atoms with E-state index in [-0.39, 0.29) is 5.78 Å². The lowest BCUT2D eigenvalue weighted by molar-refractivity contribution is 0.104.